The number of hydrogen-bond donors (Lipinski definition) is 1. The average Bonchev–Trinajstić information content (AvgIpc) is 2.66. The van der Waals surface area contributed by atoms with Gasteiger partial charge in [0.25, 0.3) is 0 Å². The van der Waals surface area contributed by atoms with Gasteiger partial charge in [-0.15, -0.1) is 0 Å². The van der Waals surface area contributed by atoms with E-state index < -0.39 is 16.1 Å². The molecule has 6 nitrogen and oxygen atoms in total. The van der Waals surface area contributed by atoms with Crippen LogP contribution in [0.3, 0.4) is 0 Å². The van der Waals surface area contributed by atoms with Gasteiger partial charge in [0.05, 0.1) is 11.9 Å². The molecule has 0 aliphatic heterocycles. The molecule has 0 unspecified atom stereocenters. The first-order chi connectivity index (χ1) is 13.2. The van der Waals surface area contributed by atoms with Gasteiger partial charge in [-0.05, 0) is 44.5 Å². The molecule has 0 saturated carbocycles. The molecule has 0 heterocycles. The molecule has 0 bridgehead atoms. The fraction of sp³-hybridized carbons (Fsp3) is 0.381. The molecule has 2 aromatic carbocycles. The minimum atomic E-state index is -3.59. The Bertz CT molecular complexity index is 868. The first-order valence-electron chi connectivity index (χ1n) is 9.30. The summed E-state index contributed by atoms with van der Waals surface area (Å²) >= 11 is 0. The third-order valence-corrected chi connectivity index (χ3v) is 5.79. The Morgan fingerprint density at radius 1 is 1.04 bits per heavy atom. The number of nitrogens with one attached hydrogen (secondary N) is 1. The van der Waals surface area contributed by atoms with E-state index in [1.165, 1.54) is 0 Å². The zero-order chi connectivity index (χ0) is 20.7. The highest BCUT2D eigenvalue weighted by Crippen LogP contribution is 2.21. The molecule has 0 saturated heterocycles. The highest BCUT2D eigenvalue weighted by Gasteiger charge is 2.28. The van der Waals surface area contributed by atoms with Crippen LogP contribution in [0.1, 0.15) is 18.9 Å². The molecular weight excluding hydrogens is 374 g/mol. The average molecular weight is 404 g/mol. The third-order valence-electron chi connectivity index (χ3n) is 4.54. The topological polar surface area (TPSA) is 69.7 Å². The van der Waals surface area contributed by atoms with Crippen molar-refractivity contribution in [3.8, 4) is 0 Å². The number of benzene rings is 2. The molecule has 0 aliphatic rings. The lowest BCUT2D eigenvalue weighted by Crippen LogP contribution is -2.48. The van der Waals surface area contributed by atoms with Crippen molar-refractivity contribution < 1.29 is 13.2 Å². The van der Waals surface area contributed by atoms with Crippen molar-refractivity contribution in [3.63, 3.8) is 0 Å². The van der Waals surface area contributed by atoms with Crippen LogP contribution in [0.2, 0.25) is 0 Å². The van der Waals surface area contributed by atoms with Crippen molar-refractivity contribution in [2.45, 2.75) is 26.3 Å². The number of nitrogens with zero attached hydrogens (tertiary/aromatic N) is 2. The summed E-state index contributed by atoms with van der Waals surface area (Å²) in [5.41, 5.74) is 2.63. The van der Waals surface area contributed by atoms with E-state index in [2.05, 4.69) is 10.2 Å². The van der Waals surface area contributed by atoms with Crippen LogP contribution in [0.4, 0.5) is 11.4 Å². The largest absolute Gasteiger partial charge is 0.375 e. The van der Waals surface area contributed by atoms with Gasteiger partial charge in [-0.3, -0.25) is 9.10 Å². The second-order valence-electron chi connectivity index (χ2n) is 6.97. The highest BCUT2D eigenvalue weighted by atomic mass is 32.2. The molecule has 0 fully saturated rings. The smallest absolute Gasteiger partial charge is 0.243 e. The number of amides is 1. The van der Waals surface area contributed by atoms with E-state index >= 15 is 0 Å². The quantitative estimate of drug-likeness (QED) is 0.654. The predicted molar refractivity (Wildman–Crippen MR) is 115 cm³/mol. The van der Waals surface area contributed by atoms with Crippen molar-refractivity contribution >= 4 is 27.3 Å². The molecule has 0 aliphatic carbocycles. The Morgan fingerprint density at radius 2 is 1.64 bits per heavy atom. The number of sulfonamides is 1. The van der Waals surface area contributed by atoms with Crippen LogP contribution in [0, 0.1) is 6.92 Å². The molecule has 1 N–H and O–H groups in total. The predicted octanol–water partition coefficient (Wildman–Crippen LogP) is 2.79. The monoisotopic (exact) mass is 403 g/mol. The van der Waals surface area contributed by atoms with E-state index in [1.807, 2.05) is 56.4 Å². The number of para-hydroxylation sites is 1. The fourth-order valence-corrected chi connectivity index (χ4v) is 4.16. The van der Waals surface area contributed by atoms with E-state index in [9.17, 15) is 13.2 Å². The van der Waals surface area contributed by atoms with Crippen molar-refractivity contribution in [1.29, 1.82) is 0 Å². The molecule has 0 spiro atoms. The van der Waals surface area contributed by atoms with E-state index in [1.54, 1.807) is 19.1 Å². The van der Waals surface area contributed by atoms with Gasteiger partial charge >= 0.3 is 0 Å². The Balaban J connectivity index is 1.93. The molecule has 7 heteroatoms. The van der Waals surface area contributed by atoms with Gasteiger partial charge in [0.2, 0.25) is 15.9 Å². The molecule has 2 rings (SSSR count). The second kappa shape index (κ2) is 9.59. The first-order valence-corrected chi connectivity index (χ1v) is 11.1. The Hall–Kier alpha value is -2.54. The van der Waals surface area contributed by atoms with Crippen LogP contribution >= 0.6 is 0 Å². The number of rotatable bonds is 9. The molecule has 1 amide bonds. The zero-order valence-electron chi connectivity index (χ0n) is 16.9. The minimum Gasteiger partial charge on any atom is -0.375 e. The molecule has 1 atom stereocenters. The van der Waals surface area contributed by atoms with Crippen LogP contribution in [0.15, 0.2) is 54.6 Å². The SMILES string of the molecule is Cc1ccc(N([C@H](C)C(=O)NCCCN(C)c2ccccc2)S(C)(=O)=O)cc1. The Labute approximate surface area is 168 Å². The van der Waals surface area contributed by atoms with Crippen molar-refractivity contribution in [3.05, 3.63) is 60.2 Å². The highest BCUT2D eigenvalue weighted by molar-refractivity contribution is 7.92. The summed E-state index contributed by atoms with van der Waals surface area (Å²) in [6, 6.07) is 16.3. The Morgan fingerprint density at radius 3 is 2.21 bits per heavy atom. The van der Waals surface area contributed by atoms with E-state index in [0.29, 0.717) is 12.2 Å². The third kappa shape index (κ3) is 5.99. The fourth-order valence-electron chi connectivity index (χ4n) is 2.99. The molecule has 0 aromatic heterocycles. The van der Waals surface area contributed by atoms with Gasteiger partial charge in [0.15, 0.2) is 0 Å². The molecule has 28 heavy (non-hydrogen) atoms. The maximum atomic E-state index is 12.6. The molecule has 0 radical (unpaired) electrons. The number of aryl methyl sites for hydroxylation is 1. The maximum absolute atomic E-state index is 12.6. The number of anilines is 2. The summed E-state index contributed by atoms with van der Waals surface area (Å²) in [5, 5.41) is 2.85. The lowest BCUT2D eigenvalue weighted by atomic mass is 10.2. The summed E-state index contributed by atoms with van der Waals surface area (Å²) in [6.07, 6.45) is 1.87. The van der Waals surface area contributed by atoms with Gasteiger partial charge in [0, 0.05) is 25.8 Å². The second-order valence-corrected chi connectivity index (χ2v) is 8.83. The molecule has 152 valence electrons. The van der Waals surface area contributed by atoms with Gasteiger partial charge in [-0.1, -0.05) is 35.9 Å². The summed E-state index contributed by atoms with van der Waals surface area (Å²) in [7, 11) is -1.59. The standard InChI is InChI=1S/C21H29N3O3S/c1-17-11-13-20(14-12-17)24(28(4,26)27)18(2)21(25)22-15-8-16-23(3)19-9-6-5-7-10-19/h5-7,9-14,18H,8,15-16H2,1-4H3,(H,22,25)/t18-/m1/s1. The van der Waals surface area contributed by atoms with E-state index in [0.717, 1.165) is 34.8 Å². The maximum Gasteiger partial charge on any atom is 0.243 e. The van der Waals surface area contributed by atoms with Gasteiger partial charge < -0.3 is 10.2 Å². The van der Waals surface area contributed by atoms with Gasteiger partial charge in [0.1, 0.15) is 6.04 Å². The first kappa shape index (κ1) is 21.8. The number of hydrogen-bond acceptors (Lipinski definition) is 4. The van der Waals surface area contributed by atoms with Gasteiger partial charge in [-0.2, -0.15) is 0 Å². The van der Waals surface area contributed by atoms with Crippen molar-refractivity contribution in [2.75, 3.05) is 35.6 Å². The van der Waals surface area contributed by atoms with E-state index in [4.69, 9.17) is 0 Å². The van der Waals surface area contributed by atoms with Gasteiger partial charge in [-0.25, -0.2) is 8.42 Å². The Kier molecular flexibility index (Phi) is 7.45. The summed E-state index contributed by atoms with van der Waals surface area (Å²) in [5.74, 6) is -0.312. The van der Waals surface area contributed by atoms with Crippen molar-refractivity contribution in [2.24, 2.45) is 0 Å². The van der Waals surface area contributed by atoms with Crippen LogP contribution < -0.4 is 14.5 Å². The summed E-state index contributed by atoms with van der Waals surface area (Å²) in [6.45, 7) is 4.79. The van der Waals surface area contributed by atoms with Crippen molar-refractivity contribution in [1.82, 2.24) is 5.32 Å². The van der Waals surface area contributed by atoms with Crippen LogP contribution in [-0.4, -0.2) is 46.8 Å². The zero-order valence-corrected chi connectivity index (χ0v) is 17.7. The summed E-state index contributed by atoms with van der Waals surface area (Å²) in [4.78, 5) is 14.7. The van der Waals surface area contributed by atoms with Crippen LogP contribution in [-0.2, 0) is 14.8 Å². The van der Waals surface area contributed by atoms with Crippen LogP contribution in [0.25, 0.3) is 0 Å². The molecule has 2 aromatic rings. The lowest BCUT2D eigenvalue weighted by molar-refractivity contribution is -0.121. The minimum absolute atomic E-state index is 0.312. The number of carbonyl (C=O) groups is 1. The summed E-state index contributed by atoms with van der Waals surface area (Å²) < 4.78 is 25.7. The normalized spacial score (nSPS) is 12.3. The lowest BCUT2D eigenvalue weighted by Gasteiger charge is -2.28. The van der Waals surface area contributed by atoms with E-state index in [-0.39, 0.29) is 5.91 Å². The molecular formula is C21H29N3O3S. The number of carbonyl (C=O) groups excluding carboxylic acids is 1. The van der Waals surface area contributed by atoms with Crippen LogP contribution in [0.5, 0.6) is 0 Å².